The molecule has 0 aromatic carbocycles. The lowest BCUT2D eigenvalue weighted by atomic mass is 10.1. The maximum absolute atomic E-state index is 12.8. The normalized spacial score (nSPS) is 13.0. The SMILES string of the molecule is CC/C=C\C/C=C\C/C=C\C/C=C\C/C=C\CCCC(=O)OCC(COC(=O)CCCCCCC/C=C\CCCC)OC(=O)CCCCCCC/C=C\C/C=C\C/C=C\CC. The highest BCUT2D eigenvalue weighted by molar-refractivity contribution is 5.71. The first-order chi connectivity index (χ1) is 30.0. The van der Waals surface area contributed by atoms with E-state index in [1.54, 1.807) is 0 Å². The molecule has 61 heavy (non-hydrogen) atoms. The van der Waals surface area contributed by atoms with Gasteiger partial charge in [0, 0.05) is 19.3 Å². The highest BCUT2D eigenvalue weighted by Gasteiger charge is 2.19. The second-order valence-corrected chi connectivity index (χ2v) is 15.6. The van der Waals surface area contributed by atoms with Crippen LogP contribution in [0.15, 0.2) is 109 Å². The molecule has 0 aliphatic heterocycles. The molecule has 6 nitrogen and oxygen atoms in total. The number of carbonyl (C=O) groups is 3. The lowest BCUT2D eigenvalue weighted by Gasteiger charge is -2.18. The zero-order chi connectivity index (χ0) is 44.4. The number of unbranched alkanes of at least 4 members (excludes halogenated alkanes) is 13. The first-order valence-electron chi connectivity index (χ1n) is 24.4. The van der Waals surface area contributed by atoms with Crippen LogP contribution in [0.4, 0.5) is 0 Å². The smallest absolute Gasteiger partial charge is 0.306 e. The number of hydrogen-bond acceptors (Lipinski definition) is 6. The molecule has 0 heterocycles. The highest BCUT2D eigenvalue weighted by atomic mass is 16.6. The highest BCUT2D eigenvalue weighted by Crippen LogP contribution is 2.12. The minimum absolute atomic E-state index is 0.110. The molecule has 344 valence electrons. The second-order valence-electron chi connectivity index (χ2n) is 15.6. The third kappa shape index (κ3) is 47.0. The number of allylic oxidation sites excluding steroid dienone is 18. The van der Waals surface area contributed by atoms with Crippen molar-refractivity contribution >= 4 is 17.9 Å². The van der Waals surface area contributed by atoms with Crippen molar-refractivity contribution in [2.24, 2.45) is 0 Å². The van der Waals surface area contributed by atoms with Gasteiger partial charge in [-0.15, -0.1) is 0 Å². The van der Waals surface area contributed by atoms with Gasteiger partial charge < -0.3 is 14.2 Å². The van der Waals surface area contributed by atoms with E-state index in [1.807, 2.05) is 0 Å². The lowest BCUT2D eigenvalue weighted by Crippen LogP contribution is -2.30. The fraction of sp³-hybridized carbons (Fsp3) is 0.618. The summed E-state index contributed by atoms with van der Waals surface area (Å²) in [5.74, 6) is -1.01. The molecule has 0 spiro atoms. The fourth-order valence-electron chi connectivity index (χ4n) is 6.12. The zero-order valence-corrected chi connectivity index (χ0v) is 39.1. The van der Waals surface area contributed by atoms with Gasteiger partial charge in [0.2, 0.25) is 0 Å². The van der Waals surface area contributed by atoms with Crippen LogP contribution in [0.3, 0.4) is 0 Å². The van der Waals surface area contributed by atoms with Crippen LogP contribution in [-0.2, 0) is 28.6 Å². The van der Waals surface area contributed by atoms with E-state index < -0.39 is 6.10 Å². The quantitative estimate of drug-likeness (QED) is 0.0264. The first kappa shape index (κ1) is 57.1. The molecule has 0 rings (SSSR count). The number of rotatable bonds is 42. The molecule has 0 fully saturated rings. The molecule has 0 aromatic rings. The van der Waals surface area contributed by atoms with E-state index in [9.17, 15) is 14.4 Å². The topological polar surface area (TPSA) is 78.9 Å². The summed E-state index contributed by atoms with van der Waals surface area (Å²) < 4.78 is 16.7. The van der Waals surface area contributed by atoms with Crippen LogP contribution < -0.4 is 0 Å². The van der Waals surface area contributed by atoms with Gasteiger partial charge in [-0.1, -0.05) is 182 Å². The van der Waals surface area contributed by atoms with Crippen molar-refractivity contribution in [1.82, 2.24) is 0 Å². The van der Waals surface area contributed by atoms with Crippen LogP contribution in [0.1, 0.15) is 201 Å². The molecule has 0 bridgehead atoms. The Morgan fingerprint density at radius 2 is 0.656 bits per heavy atom. The van der Waals surface area contributed by atoms with E-state index in [-0.39, 0.29) is 37.5 Å². The van der Waals surface area contributed by atoms with E-state index in [1.165, 1.54) is 25.7 Å². The fourth-order valence-corrected chi connectivity index (χ4v) is 6.12. The van der Waals surface area contributed by atoms with Gasteiger partial charge in [-0.3, -0.25) is 14.4 Å². The maximum atomic E-state index is 12.8. The minimum Gasteiger partial charge on any atom is -0.462 e. The summed E-state index contributed by atoms with van der Waals surface area (Å²) in [6, 6.07) is 0. The molecule has 0 aromatic heterocycles. The van der Waals surface area contributed by atoms with Gasteiger partial charge in [-0.25, -0.2) is 0 Å². The summed E-state index contributed by atoms with van der Waals surface area (Å²) in [5, 5.41) is 0. The van der Waals surface area contributed by atoms with Crippen LogP contribution in [0.5, 0.6) is 0 Å². The van der Waals surface area contributed by atoms with Gasteiger partial charge in [0.25, 0.3) is 0 Å². The average Bonchev–Trinajstić information content (AvgIpc) is 3.26. The van der Waals surface area contributed by atoms with Crippen molar-refractivity contribution in [1.29, 1.82) is 0 Å². The van der Waals surface area contributed by atoms with Gasteiger partial charge in [-0.2, -0.15) is 0 Å². The largest absolute Gasteiger partial charge is 0.462 e. The van der Waals surface area contributed by atoms with Gasteiger partial charge in [0.15, 0.2) is 6.10 Å². The summed E-state index contributed by atoms with van der Waals surface area (Å²) >= 11 is 0. The Balaban J connectivity index is 4.53. The molecular formula is C55H88O6. The maximum Gasteiger partial charge on any atom is 0.306 e. The van der Waals surface area contributed by atoms with Crippen LogP contribution >= 0.6 is 0 Å². The summed E-state index contributed by atoms with van der Waals surface area (Å²) in [5.41, 5.74) is 0. The zero-order valence-electron chi connectivity index (χ0n) is 39.1. The van der Waals surface area contributed by atoms with Crippen molar-refractivity contribution in [2.45, 2.75) is 207 Å². The second kappa shape index (κ2) is 48.7. The average molecular weight is 845 g/mol. The van der Waals surface area contributed by atoms with Gasteiger partial charge in [0.05, 0.1) is 0 Å². The Kier molecular flexibility index (Phi) is 45.6. The third-order valence-corrected chi connectivity index (χ3v) is 9.74. The van der Waals surface area contributed by atoms with Gasteiger partial charge >= 0.3 is 17.9 Å². The Morgan fingerprint density at radius 1 is 0.344 bits per heavy atom. The van der Waals surface area contributed by atoms with Crippen molar-refractivity contribution in [3.63, 3.8) is 0 Å². The summed E-state index contributed by atoms with van der Waals surface area (Å²) in [7, 11) is 0. The first-order valence-corrected chi connectivity index (χ1v) is 24.4. The molecule has 0 saturated heterocycles. The number of carbonyl (C=O) groups excluding carboxylic acids is 3. The van der Waals surface area contributed by atoms with E-state index in [2.05, 4.69) is 130 Å². The summed E-state index contributed by atoms with van der Waals surface area (Å²) in [4.78, 5) is 37.9. The number of hydrogen-bond donors (Lipinski definition) is 0. The molecule has 0 N–H and O–H groups in total. The van der Waals surface area contributed by atoms with Crippen LogP contribution in [0, 0.1) is 0 Å². The Bertz CT molecular complexity index is 1290. The van der Waals surface area contributed by atoms with E-state index in [4.69, 9.17) is 14.2 Å². The van der Waals surface area contributed by atoms with Crippen molar-refractivity contribution in [3.8, 4) is 0 Å². The van der Waals surface area contributed by atoms with Crippen LogP contribution in [-0.4, -0.2) is 37.2 Å². The monoisotopic (exact) mass is 845 g/mol. The van der Waals surface area contributed by atoms with Gasteiger partial charge in [-0.05, 0) is 109 Å². The Hall–Kier alpha value is -3.93. The molecule has 0 amide bonds. The van der Waals surface area contributed by atoms with Crippen LogP contribution in [0.2, 0.25) is 0 Å². The van der Waals surface area contributed by atoms with Gasteiger partial charge in [0.1, 0.15) is 13.2 Å². The number of esters is 3. The molecule has 0 aliphatic carbocycles. The molecule has 1 atom stereocenters. The predicted octanol–water partition coefficient (Wildman–Crippen LogP) is 16.0. The molecule has 0 aliphatic rings. The molecule has 6 heteroatoms. The summed E-state index contributed by atoms with van der Waals surface area (Å²) in [6.45, 7) is 6.28. The molecule has 0 saturated carbocycles. The summed E-state index contributed by atoms with van der Waals surface area (Å²) in [6.07, 6.45) is 65.0. The standard InChI is InChI=1S/C55H88O6/c1-4-7-10-13-16-19-22-24-26-27-29-30-33-36-39-42-45-48-54(57)60-51-52(50-59-53(56)47-44-41-38-35-32-21-18-15-12-9-6-3)61-55(58)49-46-43-40-37-34-31-28-25-23-20-17-14-11-8-5-2/h7-8,10-11,15-20,24-26,28-30,36,39,52H,4-6,9,12-14,21-23,27,31-35,37-38,40-51H2,1-3H3/b10-7-,11-8-,18-15-,19-16-,20-17-,26-24-,28-25-,30-29-,39-36-. The molecule has 1 unspecified atom stereocenters. The Labute approximate surface area is 374 Å². The van der Waals surface area contributed by atoms with Crippen LogP contribution in [0.25, 0.3) is 0 Å². The van der Waals surface area contributed by atoms with E-state index in [0.29, 0.717) is 19.3 Å². The predicted molar refractivity (Wildman–Crippen MR) is 260 cm³/mol. The Morgan fingerprint density at radius 3 is 1.08 bits per heavy atom. The van der Waals surface area contributed by atoms with Crippen molar-refractivity contribution in [3.05, 3.63) is 109 Å². The minimum atomic E-state index is -0.814. The third-order valence-electron chi connectivity index (χ3n) is 9.74. The van der Waals surface area contributed by atoms with Crippen molar-refractivity contribution < 1.29 is 28.6 Å². The van der Waals surface area contributed by atoms with E-state index in [0.717, 1.165) is 128 Å². The van der Waals surface area contributed by atoms with E-state index >= 15 is 0 Å². The number of ether oxygens (including phenoxy) is 3. The molecule has 0 radical (unpaired) electrons. The lowest BCUT2D eigenvalue weighted by molar-refractivity contribution is -0.167. The molecular weight excluding hydrogens is 757 g/mol. The van der Waals surface area contributed by atoms with Crippen molar-refractivity contribution in [2.75, 3.05) is 13.2 Å².